The minimum atomic E-state index is -3.72. The predicted molar refractivity (Wildman–Crippen MR) is 113 cm³/mol. The number of hydrogen-bond donors (Lipinski definition) is 1. The van der Waals surface area contributed by atoms with Gasteiger partial charge >= 0.3 is 0 Å². The summed E-state index contributed by atoms with van der Waals surface area (Å²) in [5.74, 6) is 0.216. The van der Waals surface area contributed by atoms with Crippen LogP contribution in [0.2, 0.25) is 5.02 Å². The van der Waals surface area contributed by atoms with E-state index in [1.54, 1.807) is 38.3 Å². The number of hydrogen-bond acceptors (Lipinski definition) is 4. The van der Waals surface area contributed by atoms with Gasteiger partial charge in [-0.15, -0.1) is 0 Å². The van der Waals surface area contributed by atoms with Gasteiger partial charge in [0.25, 0.3) is 0 Å². The summed E-state index contributed by atoms with van der Waals surface area (Å²) >= 11 is 6.15. The van der Waals surface area contributed by atoms with Crippen LogP contribution >= 0.6 is 11.6 Å². The summed E-state index contributed by atoms with van der Waals surface area (Å²) in [6.45, 7) is 5.18. The number of methoxy groups -OCH3 is 1. The first kappa shape index (κ1) is 22.0. The summed E-state index contributed by atoms with van der Waals surface area (Å²) in [6, 6.07) is 10.9. The summed E-state index contributed by atoms with van der Waals surface area (Å²) in [5.41, 5.74) is 1.96. The van der Waals surface area contributed by atoms with Crippen LogP contribution in [0.4, 0.5) is 5.69 Å². The topological polar surface area (TPSA) is 75.7 Å². The van der Waals surface area contributed by atoms with E-state index in [2.05, 4.69) is 5.32 Å². The molecule has 0 fully saturated rings. The summed E-state index contributed by atoms with van der Waals surface area (Å²) in [4.78, 5) is 12.8. The van der Waals surface area contributed by atoms with Crippen molar-refractivity contribution in [2.75, 3.05) is 17.7 Å². The smallest absolute Gasteiger partial charge is 0.244 e. The van der Waals surface area contributed by atoms with Gasteiger partial charge in [-0.25, -0.2) is 8.42 Å². The molecule has 8 heteroatoms. The van der Waals surface area contributed by atoms with Crippen molar-refractivity contribution in [1.82, 2.24) is 5.32 Å². The Kier molecular flexibility index (Phi) is 6.96. The lowest BCUT2D eigenvalue weighted by Crippen LogP contribution is -2.48. The van der Waals surface area contributed by atoms with Gasteiger partial charge < -0.3 is 10.1 Å². The van der Waals surface area contributed by atoms with Gasteiger partial charge in [0.1, 0.15) is 11.8 Å². The molecular formula is C20H25ClN2O4S. The van der Waals surface area contributed by atoms with Crippen molar-refractivity contribution in [2.45, 2.75) is 32.9 Å². The largest absolute Gasteiger partial charge is 0.496 e. The number of sulfonamides is 1. The standard InChI is InChI=1S/C20H25ClN2O4S/c1-13-10-11-16(12-18(13)21)23(28(5,25)26)15(3)20(24)22-14(2)17-8-6-7-9-19(17)27-4/h6-12,14-15H,1-5H3,(H,22,24). The van der Waals surface area contributed by atoms with Crippen molar-refractivity contribution in [3.8, 4) is 5.75 Å². The Morgan fingerprint density at radius 2 is 1.82 bits per heavy atom. The van der Waals surface area contributed by atoms with Crippen LogP contribution in [-0.2, 0) is 14.8 Å². The molecule has 0 heterocycles. The first-order chi connectivity index (χ1) is 13.1. The number of rotatable bonds is 7. The van der Waals surface area contributed by atoms with E-state index in [9.17, 15) is 13.2 Å². The van der Waals surface area contributed by atoms with Gasteiger partial charge in [-0.2, -0.15) is 0 Å². The molecule has 2 unspecified atom stereocenters. The van der Waals surface area contributed by atoms with E-state index in [0.29, 0.717) is 16.5 Å². The normalized spacial score (nSPS) is 13.5. The monoisotopic (exact) mass is 424 g/mol. The van der Waals surface area contributed by atoms with Crippen molar-refractivity contribution in [3.63, 3.8) is 0 Å². The molecule has 0 saturated heterocycles. The molecule has 0 saturated carbocycles. The molecule has 0 aromatic heterocycles. The second kappa shape index (κ2) is 8.84. The average molecular weight is 425 g/mol. The number of ether oxygens (including phenoxy) is 1. The van der Waals surface area contributed by atoms with Crippen LogP contribution in [0.3, 0.4) is 0 Å². The van der Waals surface area contributed by atoms with Crippen molar-refractivity contribution in [3.05, 3.63) is 58.6 Å². The van der Waals surface area contributed by atoms with Gasteiger partial charge in [0.05, 0.1) is 25.1 Å². The van der Waals surface area contributed by atoms with Gasteiger partial charge in [-0.05, 0) is 44.5 Å². The SMILES string of the molecule is COc1ccccc1C(C)NC(=O)C(C)N(c1ccc(C)c(Cl)c1)S(C)(=O)=O. The molecule has 2 rings (SSSR count). The minimum Gasteiger partial charge on any atom is -0.496 e. The molecule has 0 aliphatic carbocycles. The number of amides is 1. The van der Waals surface area contributed by atoms with E-state index in [1.807, 2.05) is 32.0 Å². The van der Waals surface area contributed by atoms with Crippen LogP contribution in [0.5, 0.6) is 5.75 Å². The molecule has 0 spiro atoms. The Balaban J connectivity index is 2.30. The number of nitrogens with one attached hydrogen (secondary N) is 1. The molecule has 6 nitrogen and oxygen atoms in total. The van der Waals surface area contributed by atoms with E-state index < -0.39 is 22.0 Å². The van der Waals surface area contributed by atoms with Gasteiger partial charge in [-0.1, -0.05) is 35.9 Å². The minimum absolute atomic E-state index is 0.339. The molecule has 2 atom stereocenters. The zero-order valence-electron chi connectivity index (χ0n) is 16.6. The van der Waals surface area contributed by atoms with E-state index in [1.165, 1.54) is 0 Å². The van der Waals surface area contributed by atoms with Crippen LogP contribution < -0.4 is 14.4 Å². The summed E-state index contributed by atoms with van der Waals surface area (Å²) < 4.78 is 31.2. The van der Waals surface area contributed by atoms with Crippen LogP contribution in [0, 0.1) is 6.92 Å². The molecule has 0 aliphatic heterocycles. The lowest BCUT2D eigenvalue weighted by atomic mass is 10.1. The summed E-state index contributed by atoms with van der Waals surface area (Å²) in [7, 11) is -2.16. The highest BCUT2D eigenvalue weighted by atomic mass is 35.5. The zero-order chi connectivity index (χ0) is 21.1. The molecule has 1 amide bonds. The Morgan fingerprint density at radius 3 is 2.39 bits per heavy atom. The lowest BCUT2D eigenvalue weighted by molar-refractivity contribution is -0.122. The Bertz CT molecular complexity index is 962. The molecule has 2 aromatic rings. The molecule has 0 aliphatic rings. The third kappa shape index (κ3) is 4.97. The van der Waals surface area contributed by atoms with E-state index in [4.69, 9.17) is 16.3 Å². The number of benzene rings is 2. The Morgan fingerprint density at radius 1 is 1.18 bits per heavy atom. The second-order valence-corrected chi connectivity index (χ2v) is 8.91. The molecule has 2 aromatic carbocycles. The lowest BCUT2D eigenvalue weighted by Gasteiger charge is -2.29. The van der Waals surface area contributed by atoms with Crippen LogP contribution in [0.15, 0.2) is 42.5 Å². The highest BCUT2D eigenvalue weighted by molar-refractivity contribution is 7.92. The number of aryl methyl sites for hydroxylation is 1. The summed E-state index contributed by atoms with van der Waals surface area (Å²) in [5, 5.41) is 3.29. The number of halogens is 1. The molecule has 0 bridgehead atoms. The predicted octanol–water partition coefficient (Wildman–Crippen LogP) is 3.69. The van der Waals surface area contributed by atoms with Crippen LogP contribution in [0.25, 0.3) is 0 Å². The number of carbonyl (C=O) groups excluding carboxylic acids is 1. The molecule has 28 heavy (non-hydrogen) atoms. The van der Waals surface area contributed by atoms with E-state index in [0.717, 1.165) is 21.7 Å². The maximum atomic E-state index is 12.8. The van der Waals surface area contributed by atoms with E-state index in [-0.39, 0.29) is 6.04 Å². The van der Waals surface area contributed by atoms with Crippen molar-refractivity contribution in [2.24, 2.45) is 0 Å². The number of para-hydroxylation sites is 1. The van der Waals surface area contributed by atoms with Gasteiger partial charge in [0.2, 0.25) is 15.9 Å². The van der Waals surface area contributed by atoms with E-state index >= 15 is 0 Å². The first-order valence-corrected chi connectivity index (χ1v) is 11.0. The third-order valence-electron chi connectivity index (χ3n) is 4.46. The maximum absolute atomic E-state index is 12.8. The van der Waals surface area contributed by atoms with Crippen LogP contribution in [0.1, 0.15) is 31.0 Å². The Labute approximate surface area is 171 Å². The van der Waals surface area contributed by atoms with Crippen molar-refractivity contribution < 1.29 is 17.9 Å². The third-order valence-corrected chi connectivity index (χ3v) is 6.11. The average Bonchev–Trinajstić information content (AvgIpc) is 2.63. The fraction of sp³-hybridized carbons (Fsp3) is 0.350. The molecule has 0 radical (unpaired) electrons. The van der Waals surface area contributed by atoms with Gasteiger partial charge in [0.15, 0.2) is 0 Å². The summed E-state index contributed by atoms with van der Waals surface area (Å²) in [6.07, 6.45) is 1.06. The van der Waals surface area contributed by atoms with Gasteiger partial charge in [0, 0.05) is 10.6 Å². The molecule has 152 valence electrons. The second-order valence-electron chi connectivity index (χ2n) is 6.64. The molecular weight excluding hydrogens is 400 g/mol. The molecule has 1 N–H and O–H groups in total. The van der Waals surface area contributed by atoms with Crippen molar-refractivity contribution in [1.29, 1.82) is 0 Å². The number of carbonyl (C=O) groups is 1. The highest BCUT2D eigenvalue weighted by Gasteiger charge is 2.30. The fourth-order valence-electron chi connectivity index (χ4n) is 2.96. The zero-order valence-corrected chi connectivity index (χ0v) is 18.1. The van der Waals surface area contributed by atoms with Crippen molar-refractivity contribution >= 4 is 33.2 Å². The van der Waals surface area contributed by atoms with Crippen LogP contribution in [-0.4, -0.2) is 33.7 Å². The maximum Gasteiger partial charge on any atom is 0.244 e. The number of anilines is 1. The fourth-order valence-corrected chi connectivity index (χ4v) is 4.31. The Hall–Kier alpha value is -2.25. The van der Waals surface area contributed by atoms with Gasteiger partial charge in [-0.3, -0.25) is 9.10 Å². The highest BCUT2D eigenvalue weighted by Crippen LogP contribution is 2.28. The first-order valence-electron chi connectivity index (χ1n) is 8.75. The number of nitrogens with zero attached hydrogens (tertiary/aromatic N) is 1. The quantitative estimate of drug-likeness (QED) is 0.735.